The van der Waals surface area contributed by atoms with Crippen molar-refractivity contribution in [3.63, 3.8) is 0 Å². The topological polar surface area (TPSA) is 45.5 Å². The number of hydrogen-bond donors (Lipinski definition) is 1. The molecule has 2 aliphatic rings. The lowest BCUT2D eigenvalue weighted by atomic mass is 9.98. The normalized spacial score (nSPS) is 25.2. The van der Waals surface area contributed by atoms with Crippen molar-refractivity contribution in [1.82, 2.24) is 9.47 Å². The van der Waals surface area contributed by atoms with Gasteiger partial charge in [-0.25, -0.2) is 4.39 Å². The third-order valence-corrected chi connectivity index (χ3v) is 6.17. The Kier molecular flexibility index (Phi) is 4.41. The molecule has 3 heterocycles. The van der Waals surface area contributed by atoms with Gasteiger partial charge in [0.25, 0.3) is 0 Å². The molecule has 1 N–H and O–H groups in total. The quantitative estimate of drug-likeness (QED) is 0.828. The molecule has 138 valence electrons. The number of hydrogen-bond acceptors (Lipinski definition) is 3. The molecule has 0 amide bonds. The van der Waals surface area contributed by atoms with Crippen LogP contribution in [0.5, 0.6) is 0 Å². The van der Waals surface area contributed by atoms with Crippen LogP contribution in [-0.4, -0.2) is 45.1 Å². The van der Waals surface area contributed by atoms with Crippen LogP contribution >= 0.6 is 11.6 Å². The molecule has 2 saturated heterocycles. The van der Waals surface area contributed by atoms with Gasteiger partial charge in [0.05, 0.1) is 17.7 Å². The summed E-state index contributed by atoms with van der Waals surface area (Å²) in [7, 11) is 0. The number of carbonyl (C=O) groups is 1. The van der Waals surface area contributed by atoms with Crippen LogP contribution in [0, 0.1) is 19.7 Å². The van der Waals surface area contributed by atoms with Gasteiger partial charge in [-0.2, -0.15) is 0 Å². The number of ketones is 1. The van der Waals surface area contributed by atoms with Crippen molar-refractivity contribution in [2.24, 2.45) is 0 Å². The lowest BCUT2D eigenvalue weighted by Gasteiger charge is -2.21. The van der Waals surface area contributed by atoms with E-state index in [9.17, 15) is 14.3 Å². The number of fused-ring (bicyclic) bond motifs is 2. The van der Waals surface area contributed by atoms with Crippen molar-refractivity contribution in [2.45, 2.75) is 51.3 Å². The zero-order chi connectivity index (χ0) is 18.6. The van der Waals surface area contributed by atoms with E-state index in [1.807, 2.05) is 24.5 Å². The monoisotopic (exact) mass is 376 g/mol. The second-order valence-electron chi connectivity index (χ2n) is 7.42. The first-order chi connectivity index (χ1) is 12.4. The molecule has 3 atom stereocenters. The number of nitrogens with zero attached hydrogens (tertiary/aromatic N) is 2. The number of rotatable bonds is 4. The number of aliphatic hydroxyl groups is 1. The Hall–Kier alpha value is -1.69. The van der Waals surface area contributed by atoms with Crippen molar-refractivity contribution in [3.05, 3.63) is 52.1 Å². The van der Waals surface area contributed by atoms with E-state index in [-0.39, 0.29) is 23.0 Å². The van der Waals surface area contributed by atoms with E-state index in [0.29, 0.717) is 23.8 Å². The van der Waals surface area contributed by atoms with E-state index < -0.39 is 5.82 Å². The summed E-state index contributed by atoms with van der Waals surface area (Å²) in [5.41, 5.74) is 2.97. The molecule has 1 aromatic heterocycles. The van der Waals surface area contributed by atoms with Gasteiger partial charge in [0.1, 0.15) is 5.82 Å². The second-order valence-corrected chi connectivity index (χ2v) is 7.82. The minimum absolute atomic E-state index is 0.0461. The smallest absolute Gasteiger partial charge is 0.178 e. The van der Waals surface area contributed by atoms with Gasteiger partial charge in [0, 0.05) is 34.7 Å². The van der Waals surface area contributed by atoms with Gasteiger partial charge in [-0.3, -0.25) is 9.69 Å². The molecule has 6 heteroatoms. The second kappa shape index (κ2) is 6.48. The molecular weight excluding hydrogens is 355 g/mol. The number of carbonyl (C=O) groups excluding carboxylic acids is 1. The Bertz CT molecular complexity index is 879. The number of halogens is 2. The van der Waals surface area contributed by atoms with E-state index in [1.165, 1.54) is 12.1 Å². The van der Waals surface area contributed by atoms with Crippen molar-refractivity contribution >= 4 is 17.4 Å². The molecule has 0 aliphatic carbocycles. The van der Waals surface area contributed by atoms with Crippen LogP contribution in [0.2, 0.25) is 5.02 Å². The highest BCUT2D eigenvalue weighted by atomic mass is 35.5. The van der Waals surface area contributed by atoms with Crippen LogP contribution in [0.4, 0.5) is 4.39 Å². The van der Waals surface area contributed by atoms with Crippen LogP contribution < -0.4 is 0 Å². The van der Waals surface area contributed by atoms with E-state index >= 15 is 0 Å². The summed E-state index contributed by atoms with van der Waals surface area (Å²) in [6.45, 7) is 4.10. The summed E-state index contributed by atoms with van der Waals surface area (Å²) in [4.78, 5) is 15.1. The van der Waals surface area contributed by atoms with E-state index in [1.54, 1.807) is 6.07 Å². The zero-order valence-corrected chi connectivity index (χ0v) is 15.6. The first-order valence-electron chi connectivity index (χ1n) is 8.98. The Morgan fingerprint density at radius 1 is 1.31 bits per heavy atom. The van der Waals surface area contributed by atoms with Crippen molar-refractivity contribution in [1.29, 1.82) is 0 Å². The highest BCUT2D eigenvalue weighted by Crippen LogP contribution is 2.37. The fraction of sp³-hybridized carbons (Fsp3) is 0.450. The highest BCUT2D eigenvalue weighted by Gasteiger charge is 2.46. The summed E-state index contributed by atoms with van der Waals surface area (Å²) in [5.74, 6) is -0.433. The molecule has 26 heavy (non-hydrogen) atoms. The minimum atomic E-state index is -0.479. The molecule has 2 unspecified atom stereocenters. The number of Topliss-reactive ketones (excluding diaryl/α,β-unsaturated/α-hetero) is 1. The largest absolute Gasteiger partial charge is 0.391 e. The maximum Gasteiger partial charge on any atom is 0.178 e. The van der Waals surface area contributed by atoms with E-state index in [2.05, 4.69) is 4.90 Å². The molecule has 0 radical (unpaired) electrons. The lowest BCUT2D eigenvalue weighted by Crippen LogP contribution is -2.36. The Morgan fingerprint density at radius 2 is 2.08 bits per heavy atom. The predicted molar refractivity (Wildman–Crippen MR) is 98.7 cm³/mol. The number of benzene rings is 1. The molecule has 2 fully saturated rings. The summed E-state index contributed by atoms with van der Waals surface area (Å²) in [6, 6.07) is 6.93. The van der Waals surface area contributed by atoms with Crippen molar-refractivity contribution in [2.75, 3.05) is 6.54 Å². The molecule has 2 aliphatic heterocycles. The fourth-order valence-electron chi connectivity index (χ4n) is 4.63. The molecule has 1 aromatic carbocycles. The van der Waals surface area contributed by atoms with Crippen LogP contribution in [0.3, 0.4) is 0 Å². The Morgan fingerprint density at radius 3 is 2.69 bits per heavy atom. The number of aliphatic hydroxyl groups excluding tert-OH is 1. The summed E-state index contributed by atoms with van der Waals surface area (Å²) < 4.78 is 15.7. The standard InChI is InChI=1S/C20H22ClFN2O2/c1-11-7-15(12(2)24(11)14-3-5-16(21)17(22)8-14)20(26)10-23-13-4-6-18(23)19(25)9-13/h3,5,7-8,13,18-19,25H,4,6,9-10H2,1-2H3/t13?,18?,19-/m1/s1. The molecule has 0 saturated carbocycles. The molecule has 4 rings (SSSR count). The van der Waals surface area contributed by atoms with Gasteiger partial charge >= 0.3 is 0 Å². The van der Waals surface area contributed by atoms with Crippen molar-refractivity contribution < 1.29 is 14.3 Å². The average molecular weight is 377 g/mol. The van der Waals surface area contributed by atoms with E-state index in [4.69, 9.17) is 11.6 Å². The van der Waals surface area contributed by atoms with Gasteiger partial charge in [-0.15, -0.1) is 0 Å². The summed E-state index contributed by atoms with van der Waals surface area (Å²) in [6.07, 6.45) is 2.47. The molecule has 2 aromatic rings. The maximum absolute atomic E-state index is 13.9. The first kappa shape index (κ1) is 17.7. The Balaban J connectivity index is 1.62. The molecule has 2 bridgehead atoms. The van der Waals surface area contributed by atoms with Crippen LogP contribution in [0.25, 0.3) is 5.69 Å². The Labute approximate surface area is 157 Å². The van der Waals surface area contributed by atoms with Crippen LogP contribution in [0.15, 0.2) is 24.3 Å². The number of aromatic nitrogens is 1. The zero-order valence-electron chi connectivity index (χ0n) is 14.9. The SMILES string of the molecule is Cc1cc(C(=O)CN2C3CCC2[C@H](O)C3)c(C)n1-c1ccc(Cl)c(F)c1. The fourth-order valence-corrected chi connectivity index (χ4v) is 4.75. The summed E-state index contributed by atoms with van der Waals surface area (Å²) >= 11 is 5.78. The lowest BCUT2D eigenvalue weighted by molar-refractivity contribution is 0.0873. The number of aryl methyl sites for hydroxylation is 1. The maximum atomic E-state index is 13.9. The third-order valence-electron chi connectivity index (χ3n) is 5.87. The van der Waals surface area contributed by atoms with Gasteiger partial charge in [-0.05, 0) is 57.4 Å². The van der Waals surface area contributed by atoms with Gasteiger partial charge in [0.2, 0.25) is 0 Å². The predicted octanol–water partition coefficient (Wildman–Crippen LogP) is 3.67. The van der Waals surface area contributed by atoms with Crippen LogP contribution in [0.1, 0.15) is 41.0 Å². The molecular formula is C20H22ClFN2O2. The van der Waals surface area contributed by atoms with Gasteiger partial charge in [-0.1, -0.05) is 11.6 Å². The molecule has 4 nitrogen and oxygen atoms in total. The van der Waals surface area contributed by atoms with Gasteiger partial charge in [0.15, 0.2) is 5.78 Å². The summed E-state index contributed by atoms with van der Waals surface area (Å²) in [5, 5.41) is 10.1. The van der Waals surface area contributed by atoms with Crippen LogP contribution in [-0.2, 0) is 0 Å². The minimum Gasteiger partial charge on any atom is -0.391 e. The van der Waals surface area contributed by atoms with Crippen molar-refractivity contribution in [3.8, 4) is 5.69 Å². The first-order valence-corrected chi connectivity index (χ1v) is 9.36. The third kappa shape index (κ3) is 2.79. The average Bonchev–Trinajstić information content (AvgIpc) is 3.21. The molecule has 0 spiro atoms. The highest BCUT2D eigenvalue weighted by molar-refractivity contribution is 6.30. The van der Waals surface area contributed by atoms with Gasteiger partial charge < -0.3 is 9.67 Å². The van der Waals surface area contributed by atoms with E-state index in [0.717, 1.165) is 30.7 Å².